The molecule has 8 atom stereocenters. The van der Waals surface area contributed by atoms with Gasteiger partial charge in [0.2, 0.25) is 13.6 Å². The van der Waals surface area contributed by atoms with Gasteiger partial charge in [0.1, 0.15) is 11.5 Å². The highest BCUT2D eigenvalue weighted by Gasteiger charge is 2.61. The summed E-state index contributed by atoms with van der Waals surface area (Å²) in [5.41, 5.74) is -2.85. The number of hydrogen-bond acceptors (Lipinski definition) is 20. The van der Waals surface area contributed by atoms with Crippen molar-refractivity contribution < 1.29 is 87.0 Å². The predicted octanol–water partition coefficient (Wildman–Crippen LogP) is 5.16. The van der Waals surface area contributed by atoms with Crippen LogP contribution >= 0.6 is 0 Å². The van der Waals surface area contributed by atoms with Gasteiger partial charge in [-0.05, 0) is 177 Å². The van der Waals surface area contributed by atoms with E-state index in [1.165, 1.54) is 14.2 Å². The first kappa shape index (κ1) is 57.1. The summed E-state index contributed by atoms with van der Waals surface area (Å²) in [5.74, 6) is -0.129. The van der Waals surface area contributed by atoms with E-state index in [4.69, 9.17) is 47.4 Å². The smallest absolute Gasteiger partial charge is 0.339 e. The maximum atomic E-state index is 13.8. The molecule has 0 aromatic heterocycles. The Kier molecular flexibility index (Phi) is 16.2. The third kappa shape index (κ3) is 11.1. The molecular formula is C58H78N2O18. The zero-order chi connectivity index (χ0) is 56.0. The Balaban J connectivity index is 0.000000190. The van der Waals surface area contributed by atoms with Crippen molar-refractivity contribution in [3.63, 3.8) is 0 Å². The average molecular weight is 1090 g/mol. The maximum Gasteiger partial charge on any atom is 0.339 e. The summed E-state index contributed by atoms with van der Waals surface area (Å²) in [6, 6.07) is 8.01. The SMILES string of the molecule is COC(=O)CC(O)(CCCC(C)(C)O)C(=O)OC1C(OC)=CC23CCCN2CCc2cc4c(cc2C13)OCO4.COC(=O)C[C@](O)(CCCC(C)(C)O)C(=O)OC1C(OC)=C[C@]23CCCN2CCc2cc4c(cc2[C@H]13)OCO4. The fourth-order valence-corrected chi connectivity index (χ4v) is 13.4. The van der Waals surface area contributed by atoms with Gasteiger partial charge in [0, 0.05) is 13.1 Å². The summed E-state index contributed by atoms with van der Waals surface area (Å²) >= 11 is 0. The quantitative estimate of drug-likeness (QED) is 0.111. The van der Waals surface area contributed by atoms with Gasteiger partial charge in [-0.3, -0.25) is 19.4 Å². The molecule has 2 aliphatic carbocycles. The molecule has 20 nitrogen and oxygen atoms in total. The molecule has 2 aromatic carbocycles. The Hall–Kier alpha value is -5.64. The van der Waals surface area contributed by atoms with Gasteiger partial charge in [-0.1, -0.05) is 0 Å². The van der Waals surface area contributed by atoms with Crippen LogP contribution in [0.4, 0.5) is 0 Å². The molecule has 2 saturated heterocycles. The molecule has 78 heavy (non-hydrogen) atoms. The Bertz CT molecular complexity index is 2500. The number of benzene rings is 2. The first-order valence-corrected chi connectivity index (χ1v) is 27.3. The molecule has 5 unspecified atom stereocenters. The van der Waals surface area contributed by atoms with Crippen LogP contribution in [-0.2, 0) is 60.4 Å². The highest BCUT2D eigenvalue weighted by Crippen LogP contribution is 2.58. The summed E-state index contributed by atoms with van der Waals surface area (Å²) in [6.45, 7) is 10.4. The minimum atomic E-state index is -2.12. The number of carbonyl (C=O) groups is 4. The standard InChI is InChI=1S/2C29H39NO9/c2*1-27(2,33)8-5-10-29(34,16-23(31)36-4)26(32)39-25-22(35-3)15-28-9-6-11-30(28)12-7-18-13-20-21(38-17-37-20)14-19(18)24(25)28/h2*13-15,24-25,33-34H,5-12,16-17H2,1-4H3/t24-,25?,28+,29-;/m1./s1. The molecule has 20 heteroatoms. The van der Waals surface area contributed by atoms with Crippen LogP contribution in [0.15, 0.2) is 47.9 Å². The first-order valence-electron chi connectivity index (χ1n) is 27.3. The van der Waals surface area contributed by atoms with E-state index in [2.05, 4.69) is 22.0 Å². The molecule has 0 amide bonds. The van der Waals surface area contributed by atoms with E-state index >= 15 is 0 Å². The van der Waals surface area contributed by atoms with Crippen LogP contribution < -0.4 is 18.9 Å². The Morgan fingerprint density at radius 2 is 0.936 bits per heavy atom. The number of rotatable bonds is 18. The first-order chi connectivity index (χ1) is 37.0. The highest BCUT2D eigenvalue weighted by molar-refractivity contribution is 5.87. The fourth-order valence-electron chi connectivity index (χ4n) is 13.4. The van der Waals surface area contributed by atoms with Gasteiger partial charge in [-0.25, -0.2) is 9.59 Å². The molecule has 0 bridgehead atoms. The molecule has 10 rings (SSSR count). The Morgan fingerprint density at radius 1 is 0.564 bits per heavy atom. The number of nitrogens with zero attached hydrogens (tertiary/aromatic N) is 2. The van der Waals surface area contributed by atoms with Crippen LogP contribution in [0.2, 0.25) is 0 Å². The van der Waals surface area contributed by atoms with Crippen molar-refractivity contribution in [3.8, 4) is 23.0 Å². The third-order valence-corrected chi connectivity index (χ3v) is 17.2. The van der Waals surface area contributed by atoms with Gasteiger partial charge in [-0.2, -0.15) is 0 Å². The van der Waals surface area contributed by atoms with E-state index in [1.54, 1.807) is 41.9 Å². The van der Waals surface area contributed by atoms with Gasteiger partial charge in [0.25, 0.3) is 0 Å². The molecule has 428 valence electrons. The molecule has 2 spiro atoms. The van der Waals surface area contributed by atoms with E-state index in [9.17, 15) is 39.6 Å². The molecule has 6 heterocycles. The van der Waals surface area contributed by atoms with Crippen LogP contribution in [-0.4, -0.2) is 168 Å². The second-order valence-corrected chi connectivity index (χ2v) is 23.5. The van der Waals surface area contributed by atoms with Gasteiger partial charge in [0.05, 0.1) is 75.4 Å². The van der Waals surface area contributed by atoms with Crippen molar-refractivity contribution in [3.05, 3.63) is 70.2 Å². The summed E-state index contributed by atoms with van der Waals surface area (Å²) in [5, 5.41) is 43.3. The van der Waals surface area contributed by atoms with Crippen LogP contribution in [0.3, 0.4) is 0 Å². The number of esters is 4. The predicted molar refractivity (Wildman–Crippen MR) is 279 cm³/mol. The van der Waals surface area contributed by atoms with Crippen LogP contribution in [0, 0.1) is 0 Å². The van der Waals surface area contributed by atoms with E-state index in [0.29, 0.717) is 60.2 Å². The lowest BCUT2D eigenvalue weighted by atomic mass is 9.77. The van der Waals surface area contributed by atoms with Gasteiger partial charge in [0.15, 0.2) is 46.4 Å². The fraction of sp³-hybridized carbons (Fsp3) is 0.655. The molecule has 2 aromatic rings. The molecule has 0 radical (unpaired) electrons. The molecule has 2 fully saturated rings. The van der Waals surface area contributed by atoms with Crippen molar-refractivity contribution >= 4 is 23.9 Å². The van der Waals surface area contributed by atoms with Gasteiger partial charge < -0.3 is 67.8 Å². The minimum Gasteiger partial charge on any atom is -0.497 e. The summed E-state index contributed by atoms with van der Waals surface area (Å²) in [7, 11) is 5.52. The number of hydrogen-bond donors (Lipinski definition) is 4. The summed E-state index contributed by atoms with van der Waals surface area (Å²) in [6.07, 6.45) is 7.88. The number of ether oxygens (including phenoxy) is 10. The number of carbonyl (C=O) groups excluding carboxylic acids is 4. The highest BCUT2D eigenvalue weighted by atomic mass is 16.7. The normalized spacial score (nSPS) is 27.0. The molecule has 8 aliphatic rings. The maximum absolute atomic E-state index is 13.8. The van der Waals surface area contributed by atoms with Gasteiger partial charge >= 0.3 is 23.9 Å². The van der Waals surface area contributed by atoms with E-state index in [0.717, 1.165) is 87.0 Å². The van der Waals surface area contributed by atoms with E-state index < -0.39 is 82.4 Å². The number of aliphatic hydroxyl groups is 4. The van der Waals surface area contributed by atoms with Gasteiger partial charge in [-0.15, -0.1) is 0 Å². The molecule has 0 saturated carbocycles. The lowest BCUT2D eigenvalue weighted by molar-refractivity contribution is -0.178. The van der Waals surface area contributed by atoms with Crippen LogP contribution in [0.1, 0.15) is 139 Å². The van der Waals surface area contributed by atoms with Crippen molar-refractivity contribution in [2.45, 2.75) is 175 Å². The molecule has 6 aliphatic heterocycles. The number of fused-ring (bicyclic) bond motifs is 6. The Labute approximate surface area is 455 Å². The lowest BCUT2D eigenvalue weighted by Gasteiger charge is -2.39. The second-order valence-electron chi connectivity index (χ2n) is 23.5. The minimum absolute atomic E-state index is 0.0686. The van der Waals surface area contributed by atoms with Crippen molar-refractivity contribution in [1.82, 2.24) is 9.80 Å². The topological polar surface area (TPSA) is 248 Å². The zero-order valence-corrected chi connectivity index (χ0v) is 46.3. The van der Waals surface area contributed by atoms with Crippen molar-refractivity contribution in [2.75, 3.05) is 68.2 Å². The Morgan fingerprint density at radius 3 is 1.28 bits per heavy atom. The average Bonchev–Trinajstić information content (AvgIpc) is 4.29. The summed E-state index contributed by atoms with van der Waals surface area (Å²) in [4.78, 5) is 56.8. The largest absolute Gasteiger partial charge is 0.497 e. The zero-order valence-electron chi connectivity index (χ0n) is 46.3. The monoisotopic (exact) mass is 1090 g/mol. The number of methoxy groups -OCH3 is 4. The van der Waals surface area contributed by atoms with E-state index in [-0.39, 0.29) is 38.3 Å². The molecular weight excluding hydrogens is 1010 g/mol. The second kappa shape index (κ2) is 22.1. The van der Waals surface area contributed by atoms with Crippen molar-refractivity contribution in [2.24, 2.45) is 0 Å². The lowest BCUT2D eigenvalue weighted by Crippen LogP contribution is -2.49. The third-order valence-electron chi connectivity index (χ3n) is 17.2. The molecule has 4 N–H and O–H groups in total. The van der Waals surface area contributed by atoms with Crippen LogP contribution in [0.5, 0.6) is 23.0 Å². The van der Waals surface area contributed by atoms with Crippen molar-refractivity contribution in [1.29, 1.82) is 0 Å². The van der Waals surface area contributed by atoms with Crippen LogP contribution in [0.25, 0.3) is 0 Å². The van der Waals surface area contributed by atoms with E-state index in [1.807, 2.05) is 24.3 Å². The summed E-state index contributed by atoms with van der Waals surface area (Å²) < 4.78 is 56.2.